The van der Waals surface area contributed by atoms with E-state index in [0.29, 0.717) is 36.2 Å². The minimum atomic E-state index is -3.45. The maximum atomic E-state index is 13.6. The summed E-state index contributed by atoms with van der Waals surface area (Å²) in [6, 6.07) is 4.38. The Morgan fingerprint density at radius 2 is 2.00 bits per heavy atom. The first-order valence-corrected chi connectivity index (χ1v) is 10.0. The summed E-state index contributed by atoms with van der Waals surface area (Å²) in [6.45, 7) is 0.514. The van der Waals surface area contributed by atoms with E-state index in [0.717, 1.165) is 5.70 Å². The van der Waals surface area contributed by atoms with Crippen LogP contribution in [-0.2, 0) is 14.6 Å². The number of nitrogens with one attached hydrogen (secondary N) is 2. The summed E-state index contributed by atoms with van der Waals surface area (Å²) < 4.78 is 39.0. The van der Waals surface area contributed by atoms with Crippen molar-refractivity contribution in [3.8, 4) is 0 Å². The predicted octanol–water partition coefficient (Wildman–Crippen LogP) is 2.08. The van der Waals surface area contributed by atoms with Gasteiger partial charge in [0.05, 0.1) is 21.0 Å². The quantitative estimate of drug-likeness (QED) is 0.740. The molecule has 0 saturated heterocycles. The Labute approximate surface area is 147 Å². The van der Waals surface area contributed by atoms with Crippen LogP contribution >= 0.6 is 15.9 Å². The molecule has 1 aromatic rings. The number of carbonyl (C=O) groups is 1. The highest BCUT2D eigenvalue weighted by molar-refractivity contribution is 9.10. The van der Waals surface area contributed by atoms with Crippen LogP contribution in [0.5, 0.6) is 0 Å². The highest BCUT2D eigenvalue weighted by Crippen LogP contribution is 2.46. The van der Waals surface area contributed by atoms with Gasteiger partial charge in [0.2, 0.25) is 5.91 Å². The van der Waals surface area contributed by atoms with Crippen molar-refractivity contribution in [2.75, 3.05) is 12.3 Å². The minimum absolute atomic E-state index is 0.0334. The van der Waals surface area contributed by atoms with Gasteiger partial charge in [-0.3, -0.25) is 4.79 Å². The lowest BCUT2D eigenvalue weighted by atomic mass is 9.83. The van der Waals surface area contributed by atoms with Crippen LogP contribution in [-0.4, -0.2) is 26.6 Å². The topological polar surface area (TPSA) is 75.3 Å². The van der Waals surface area contributed by atoms with Crippen LogP contribution in [0.2, 0.25) is 0 Å². The summed E-state index contributed by atoms with van der Waals surface area (Å²) in [7, 11) is -3.45. The summed E-state index contributed by atoms with van der Waals surface area (Å²) in [5, 5.41) is 5.94. The smallest absolute Gasteiger partial charge is 0.249 e. The molecule has 4 rings (SSSR count). The zero-order chi connectivity index (χ0) is 17.1. The molecule has 8 heteroatoms. The molecule has 0 saturated carbocycles. The van der Waals surface area contributed by atoms with Crippen molar-refractivity contribution < 1.29 is 17.6 Å². The molecule has 0 spiro atoms. The van der Waals surface area contributed by atoms with Gasteiger partial charge in [0, 0.05) is 36.4 Å². The normalized spacial score (nSPS) is 25.1. The predicted molar refractivity (Wildman–Crippen MR) is 90.1 cm³/mol. The molecule has 24 heavy (non-hydrogen) atoms. The van der Waals surface area contributed by atoms with Crippen molar-refractivity contribution in [2.45, 2.75) is 18.8 Å². The number of hydrogen-bond acceptors (Lipinski definition) is 4. The second-order valence-electron chi connectivity index (χ2n) is 6.04. The van der Waals surface area contributed by atoms with Crippen molar-refractivity contribution in [2.24, 2.45) is 0 Å². The summed E-state index contributed by atoms with van der Waals surface area (Å²) in [4.78, 5) is 12.7. The molecule has 0 bridgehead atoms. The zero-order valence-corrected chi connectivity index (χ0v) is 14.9. The van der Waals surface area contributed by atoms with Crippen LogP contribution in [0.1, 0.15) is 24.3 Å². The highest BCUT2D eigenvalue weighted by Gasteiger charge is 2.44. The first kappa shape index (κ1) is 15.8. The molecule has 0 aliphatic carbocycles. The molecule has 0 fully saturated rings. The molecule has 2 N–H and O–H groups in total. The van der Waals surface area contributed by atoms with E-state index in [9.17, 15) is 17.6 Å². The zero-order valence-electron chi connectivity index (χ0n) is 12.5. The number of dihydropyridines is 1. The molecule has 1 atom stereocenters. The number of hydrogen-bond donors (Lipinski definition) is 2. The molecule has 1 amide bonds. The fraction of sp³-hybridized carbons (Fsp3) is 0.312. The summed E-state index contributed by atoms with van der Waals surface area (Å²) in [5.74, 6) is -1.37. The monoisotopic (exact) mass is 412 g/mol. The Kier molecular flexibility index (Phi) is 3.58. The van der Waals surface area contributed by atoms with Crippen LogP contribution < -0.4 is 10.6 Å². The molecular formula is C16H14BrFN2O3S. The molecule has 3 aliphatic heterocycles. The van der Waals surface area contributed by atoms with E-state index in [4.69, 9.17) is 0 Å². The summed E-state index contributed by atoms with van der Waals surface area (Å²) >= 11 is 3.14. The fourth-order valence-electron chi connectivity index (χ4n) is 3.56. The van der Waals surface area contributed by atoms with E-state index < -0.39 is 21.6 Å². The van der Waals surface area contributed by atoms with E-state index in [1.54, 1.807) is 12.1 Å². The Balaban J connectivity index is 1.96. The lowest BCUT2D eigenvalue weighted by Crippen LogP contribution is -2.40. The molecule has 0 aromatic heterocycles. The lowest BCUT2D eigenvalue weighted by molar-refractivity contribution is -0.118. The molecule has 1 aromatic carbocycles. The van der Waals surface area contributed by atoms with Crippen molar-refractivity contribution in [1.82, 2.24) is 10.6 Å². The third kappa shape index (κ3) is 2.31. The van der Waals surface area contributed by atoms with Crippen LogP contribution in [0.3, 0.4) is 0 Å². The van der Waals surface area contributed by atoms with E-state index in [2.05, 4.69) is 26.6 Å². The Morgan fingerprint density at radius 1 is 1.21 bits per heavy atom. The number of carbonyl (C=O) groups excluding carboxylic acids is 1. The fourth-order valence-corrected chi connectivity index (χ4v) is 5.79. The average Bonchev–Trinajstić information content (AvgIpc) is 2.84. The Bertz CT molecular complexity index is 937. The summed E-state index contributed by atoms with van der Waals surface area (Å²) in [6.07, 6.45) is 1.03. The van der Waals surface area contributed by atoms with Crippen LogP contribution in [0.4, 0.5) is 4.39 Å². The third-order valence-electron chi connectivity index (χ3n) is 4.61. The van der Waals surface area contributed by atoms with E-state index in [-0.39, 0.29) is 21.0 Å². The van der Waals surface area contributed by atoms with Crippen molar-refractivity contribution in [3.05, 3.63) is 55.9 Å². The maximum Gasteiger partial charge on any atom is 0.249 e. The van der Waals surface area contributed by atoms with Gasteiger partial charge >= 0.3 is 0 Å². The molecule has 1 unspecified atom stereocenters. The Morgan fingerprint density at radius 3 is 2.75 bits per heavy atom. The van der Waals surface area contributed by atoms with Gasteiger partial charge in [0.25, 0.3) is 0 Å². The Hall–Kier alpha value is -1.67. The number of allylic oxidation sites excluding steroid dienone is 2. The molecular weight excluding hydrogens is 399 g/mol. The maximum absolute atomic E-state index is 13.6. The lowest BCUT2D eigenvalue weighted by Gasteiger charge is -2.33. The first-order chi connectivity index (χ1) is 11.4. The number of halogens is 2. The van der Waals surface area contributed by atoms with Crippen LogP contribution in [0.15, 0.2) is 44.5 Å². The van der Waals surface area contributed by atoms with Gasteiger partial charge < -0.3 is 10.6 Å². The summed E-state index contributed by atoms with van der Waals surface area (Å²) in [5.41, 5.74) is 2.44. The molecule has 5 nitrogen and oxygen atoms in total. The number of benzene rings is 1. The van der Waals surface area contributed by atoms with Gasteiger partial charge in [-0.2, -0.15) is 0 Å². The van der Waals surface area contributed by atoms with E-state index in [1.165, 1.54) is 6.07 Å². The number of rotatable bonds is 1. The molecule has 0 radical (unpaired) electrons. The van der Waals surface area contributed by atoms with E-state index >= 15 is 0 Å². The van der Waals surface area contributed by atoms with E-state index in [1.807, 2.05) is 0 Å². The third-order valence-corrected chi connectivity index (χ3v) is 7.11. The van der Waals surface area contributed by atoms with Crippen molar-refractivity contribution in [1.29, 1.82) is 0 Å². The average molecular weight is 413 g/mol. The van der Waals surface area contributed by atoms with Gasteiger partial charge in [-0.15, -0.1) is 0 Å². The van der Waals surface area contributed by atoms with Gasteiger partial charge in [0.1, 0.15) is 5.82 Å². The molecule has 126 valence electrons. The van der Waals surface area contributed by atoms with Crippen LogP contribution in [0.25, 0.3) is 0 Å². The SMILES string of the molecule is O=C1NCCC2=C1C(c1ccc(F)c(Br)c1)C1=C(CCS1(=O)=O)N2. The second kappa shape index (κ2) is 5.42. The van der Waals surface area contributed by atoms with Gasteiger partial charge in [-0.25, -0.2) is 12.8 Å². The number of sulfone groups is 1. The minimum Gasteiger partial charge on any atom is -0.361 e. The van der Waals surface area contributed by atoms with Crippen molar-refractivity contribution in [3.63, 3.8) is 0 Å². The number of amides is 1. The molecule has 3 aliphatic rings. The first-order valence-electron chi connectivity index (χ1n) is 7.57. The standard InChI is InChI=1S/C16H14BrFN2O3S/c17-9-7-8(1-2-10(9)18)13-14-11(3-5-19-16(14)21)20-12-4-6-24(22,23)15(12)13/h1-2,7,13,20H,3-6H2,(H,19,21). The van der Waals surface area contributed by atoms with Gasteiger partial charge in [0.15, 0.2) is 9.84 Å². The molecule has 3 heterocycles. The van der Waals surface area contributed by atoms with Crippen molar-refractivity contribution >= 4 is 31.7 Å². The van der Waals surface area contributed by atoms with Gasteiger partial charge in [-0.1, -0.05) is 6.07 Å². The second-order valence-corrected chi connectivity index (χ2v) is 8.97. The van der Waals surface area contributed by atoms with Gasteiger partial charge in [-0.05, 0) is 33.6 Å². The highest BCUT2D eigenvalue weighted by atomic mass is 79.9. The largest absolute Gasteiger partial charge is 0.361 e. The van der Waals surface area contributed by atoms with Crippen LogP contribution in [0, 0.1) is 5.82 Å².